The average molecular weight is 426 g/mol. The highest BCUT2D eigenvalue weighted by atomic mass is 127. The van der Waals surface area contributed by atoms with Crippen molar-refractivity contribution in [2.75, 3.05) is 13.1 Å². The summed E-state index contributed by atoms with van der Waals surface area (Å²) in [6.45, 7) is 13.6. The number of likely N-dealkylation sites (tertiary alicyclic amines) is 1. The molecule has 0 aromatic heterocycles. The Bertz CT molecular complexity index is 614. The van der Waals surface area contributed by atoms with Gasteiger partial charge in [-0.1, -0.05) is 26.0 Å². The zero-order valence-electron chi connectivity index (χ0n) is 14.7. The predicted molar refractivity (Wildman–Crippen MR) is 106 cm³/mol. The molecule has 1 aliphatic rings. The maximum Gasteiger partial charge on any atom is 0.194 e. The van der Waals surface area contributed by atoms with Gasteiger partial charge in [0, 0.05) is 24.0 Å². The molecule has 2 rings (SSSR count). The fraction of sp³-hybridized carbons (Fsp3) is 0.556. The molecule has 23 heavy (non-hydrogen) atoms. The van der Waals surface area contributed by atoms with Crippen molar-refractivity contribution in [1.82, 2.24) is 10.2 Å². The predicted octanol–water partition coefficient (Wildman–Crippen LogP) is 3.76. The van der Waals surface area contributed by atoms with E-state index in [4.69, 9.17) is 10.3 Å². The Morgan fingerprint density at radius 3 is 2.57 bits per heavy atom. The van der Waals surface area contributed by atoms with Crippen molar-refractivity contribution in [2.45, 2.75) is 46.7 Å². The van der Waals surface area contributed by atoms with E-state index < -0.39 is 0 Å². The van der Waals surface area contributed by atoms with Gasteiger partial charge in [0.2, 0.25) is 0 Å². The molecule has 1 aromatic rings. The lowest BCUT2D eigenvalue weighted by molar-refractivity contribution is -0.0667. The first-order valence-electron chi connectivity index (χ1n) is 7.87. The van der Waals surface area contributed by atoms with Crippen LogP contribution in [0.1, 0.15) is 45.7 Å². The Hall–Kier alpha value is -1.29. The molecule has 0 saturated carbocycles. The van der Waals surface area contributed by atoms with E-state index >= 15 is 0 Å². The summed E-state index contributed by atoms with van der Waals surface area (Å²) in [4.78, 5) is 7.10. The Morgan fingerprint density at radius 2 is 2.04 bits per heavy atom. The molecule has 0 spiro atoms. The number of nitriles is 1. The minimum absolute atomic E-state index is 0. The molecule has 1 fully saturated rings. The van der Waals surface area contributed by atoms with Crippen LogP contribution in [-0.4, -0.2) is 29.5 Å². The zero-order chi connectivity index (χ0) is 16.4. The van der Waals surface area contributed by atoms with Crippen LogP contribution in [0, 0.1) is 16.7 Å². The summed E-state index contributed by atoms with van der Waals surface area (Å²) < 4.78 is 0. The summed E-state index contributed by atoms with van der Waals surface area (Å²) in [5.74, 6) is 0.953. The van der Waals surface area contributed by atoms with Crippen LogP contribution in [0.25, 0.3) is 0 Å². The number of guanidine groups is 1. The smallest absolute Gasteiger partial charge is 0.194 e. The fourth-order valence-electron chi connectivity index (χ4n) is 2.70. The van der Waals surface area contributed by atoms with E-state index in [9.17, 15) is 0 Å². The van der Waals surface area contributed by atoms with E-state index in [1.165, 1.54) is 0 Å². The summed E-state index contributed by atoms with van der Waals surface area (Å²) in [5.41, 5.74) is 2.11. The van der Waals surface area contributed by atoms with Crippen LogP contribution in [0.3, 0.4) is 0 Å². The van der Waals surface area contributed by atoms with Gasteiger partial charge in [-0.05, 0) is 38.5 Å². The molecule has 1 N–H and O–H groups in total. The number of aliphatic imine (C=N–C) groups is 1. The van der Waals surface area contributed by atoms with Crippen LogP contribution in [0.5, 0.6) is 0 Å². The van der Waals surface area contributed by atoms with Crippen molar-refractivity contribution >= 4 is 29.9 Å². The van der Waals surface area contributed by atoms with Crippen molar-refractivity contribution in [1.29, 1.82) is 5.26 Å². The third kappa shape index (κ3) is 3.97. The van der Waals surface area contributed by atoms with Gasteiger partial charge in [0.15, 0.2) is 5.96 Å². The topological polar surface area (TPSA) is 51.4 Å². The summed E-state index contributed by atoms with van der Waals surface area (Å²) in [6, 6.07) is 9.82. The monoisotopic (exact) mass is 426 g/mol. The first-order valence-corrected chi connectivity index (χ1v) is 7.87. The zero-order valence-corrected chi connectivity index (χ0v) is 17.0. The summed E-state index contributed by atoms with van der Waals surface area (Å²) in [6.07, 6.45) is 0. The highest BCUT2D eigenvalue weighted by molar-refractivity contribution is 14.0. The van der Waals surface area contributed by atoms with Gasteiger partial charge < -0.3 is 10.2 Å². The van der Waals surface area contributed by atoms with Gasteiger partial charge in [-0.3, -0.25) is 0 Å². The molecule has 5 heteroatoms. The summed E-state index contributed by atoms with van der Waals surface area (Å²) >= 11 is 0. The van der Waals surface area contributed by atoms with Crippen LogP contribution in [0.2, 0.25) is 0 Å². The van der Waals surface area contributed by atoms with Crippen molar-refractivity contribution in [3.63, 3.8) is 0 Å². The maximum atomic E-state index is 8.98. The Balaban J connectivity index is 0.00000264. The Kier molecular flexibility index (Phi) is 6.46. The lowest BCUT2D eigenvalue weighted by Gasteiger charge is -2.62. The van der Waals surface area contributed by atoms with Crippen molar-refractivity contribution in [3.8, 4) is 6.07 Å². The van der Waals surface area contributed by atoms with E-state index in [0.29, 0.717) is 12.1 Å². The molecule has 0 unspecified atom stereocenters. The number of halogens is 1. The van der Waals surface area contributed by atoms with Gasteiger partial charge in [0.25, 0.3) is 0 Å². The Morgan fingerprint density at radius 1 is 1.35 bits per heavy atom. The third-order valence-electron chi connectivity index (χ3n) is 4.94. The van der Waals surface area contributed by atoms with Crippen molar-refractivity contribution < 1.29 is 0 Å². The lowest BCUT2D eigenvalue weighted by atomic mass is 9.65. The van der Waals surface area contributed by atoms with Gasteiger partial charge in [-0.2, -0.15) is 5.26 Å². The van der Waals surface area contributed by atoms with Gasteiger partial charge in [-0.25, -0.2) is 4.99 Å². The molecular formula is C18H27IN4. The highest BCUT2D eigenvalue weighted by Crippen LogP contribution is 2.46. The molecule has 4 nitrogen and oxygen atoms in total. The van der Waals surface area contributed by atoms with Crippen molar-refractivity contribution in [2.24, 2.45) is 10.4 Å². The minimum atomic E-state index is 0. The molecule has 1 aromatic carbocycles. The normalized spacial score (nSPS) is 18.4. The van der Waals surface area contributed by atoms with Crippen LogP contribution in [0.4, 0.5) is 0 Å². The first-order chi connectivity index (χ1) is 10.3. The minimum Gasteiger partial charge on any atom is -0.356 e. The van der Waals surface area contributed by atoms with E-state index in [-0.39, 0.29) is 34.9 Å². The van der Waals surface area contributed by atoms with Crippen LogP contribution in [-0.2, 0) is 6.54 Å². The van der Waals surface area contributed by atoms with Crippen molar-refractivity contribution in [3.05, 3.63) is 35.4 Å². The molecular weight excluding hydrogens is 399 g/mol. The number of hydrogen-bond acceptors (Lipinski definition) is 2. The number of benzene rings is 1. The second kappa shape index (κ2) is 7.52. The number of hydrogen-bond donors (Lipinski definition) is 1. The van der Waals surface area contributed by atoms with Gasteiger partial charge in [-0.15, -0.1) is 24.0 Å². The highest BCUT2D eigenvalue weighted by Gasteiger charge is 2.53. The van der Waals surface area contributed by atoms with Gasteiger partial charge >= 0.3 is 0 Å². The number of rotatable bonds is 3. The summed E-state index contributed by atoms with van der Waals surface area (Å²) in [7, 11) is 0. The molecule has 0 aliphatic carbocycles. The lowest BCUT2D eigenvalue weighted by Crippen LogP contribution is -2.72. The first kappa shape index (κ1) is 19.8. The molecule has 1 heterocycles. The molecule has 0 atom stereocenters. The van der Waals surface area contributed by atoms with Gasteiger partial charge in [0.05, 0.1) is 18.2 Å². The maximum absolute atomic E-state index is 8.98. The molecule has 1 aliphatic heterocycles. The molecule has 126 valence electrons. The third-order valence-corrected chi connectivity index (χ3v) is 4.94. The number of nitrogens with zero attached hydrogens (tertiary/aromatic N) is 3. The van der Waals surface area contributed by atoms with E-state index in [1.807, 2.05) is 24.3 Å². The second-order valence-corrected chi connectivity index (χ2v) is 7.01. The van der Waals surface area contributed by atoms with Gasteiger partial charge in [0.1, 0.15) is 0 Å². The van der Waals surface area contributed by atoms with E-state index in [1.54, 1.807) is 0 Å². The SMILES string of the molecule is CCNC(=NCc1cccc(C#N)c1)N1CC(C)(C)C1(C)C.I. The number of nitrogens with one attached hydrogen (secondary N) is 1. The molecule has 0 bridgehead atoms. The molecule has 0 amide bonds. The van der Waals surface area contributed by atoms with E-state index in [2.05, 4.69) is 50.9 Å². The van der Waals surface area contributed by atoms with E-state index in [0.717, 1.165) is 24.6 Å². The largest absolute Gasteiger partial charge is 0.356 e. The molecule has 1 saturated heterocycles. The second-order valence-electron chi connectivity index (χ2n) is 7.01. The van der Waals surface area contributed by atoms with Crippen LogP contribution in [0.15, 0.2) is 29.3 Å². The Labute approximate surface area is 157 Å². The average Bonchev–Trinajstić information content (AvgIpc) is 2.49. The van der Waals surface area contributed by atoms with Crippen LogP contribution < -0.4 is 5.32 Å². The summed E-state index contributed by atoms with van der Waals surface area (Å²) in [5, 5.41) is 12.4. The van der Waals surface area contributed by atoms with Crippen LogP contribution >= 0.6 is 24.0 Å². The quantitative estimate of drug-likeness (QED) is 0.455. The fourth-order valence-corrected chi connectivity index (χ4v) is 2.70. The standard InChI is InChI=1S/C18H26N4.HI/c1-6-20-16(22-13-17(2,3)18(22,4)5)21-12-15-9-7-8-14(10-15)11-19;/h7-10H,6,12-13H2,1-5H3,(H,20,21);1H. The molecule has 0 radical (unpaired) electrons.